The molecular formula is C16H16FIN4O2. The number of aromatic nitrogens is 2. The summed E-state index contributed by atoms with van der Waals surface area (Å²) in [4.78, 5) is 24.9. The van der Waals surface area contributed by atoms with Gasteiger partial charge < -0.3 is 14.5 Å². The van der Waals surface area contributed by atoms with Gasteiger partial charge in [-0.05, 0) is 40.8 Å². The Bertz CT molecular complexity index is 751. The Labute approximate surface area is 152 Å². The van der Waals surface area contributed by atoms with Gasteiger partial charge in [0.15, 0.2) is 5.82 Å². The molecule has 1 saturated heterocycles. The monoisotopic (exact) mass is 442 g/mol. The van der Waals surface area contributed by atoms with Gasteiger partial charge in [-0.25, -0.2) is 4.39 Å². The van der Waals surface area contributed by atoms with Gasteiger partial charge in [-0.3, -0.25) is 9.78 Å². The van der Waals surface area contributed by atoms with Crippen molar-refractivity contribution in [1.82, 2.24) is 14.9 Å². The highest BCUT2D eigenvalue weighted by Crippen LogP contribution is 2.19. The molecule has 1 aliphatic rings. The molecule has 126 valence electrons. The van der Waals surface area contributed by atoms with Gasteiger partial charge in [-0.15, -0.1) is 0 Å². The summed E-state index contributed by atoms with van der Waals surface area (Å²) in [5.74, 6) is 0.790. The zero-order valence-corrected chi connectivity index (χ0v) is 15.2. The SMILES string of the molecule is COc1cncc(N2CCN(C(=O)c3ccc(F)cc3I)CC2)n1. The van der Waals surface area contributed by atoms with Gasteiger partial charge in [-0.2, -0.15) is 4.98 Å². The van der Waals surface area contributed by atoms with E-state index in [9.17, 15) is 9.18 Å². The van der Waals surface area contributed by atoms with E-state index in [1.807, 2.05) is 22.6 Å². The number of ether oxygens (including phenoxy) is 1. The highest BCUT2D eigenvalue weighted by molar-refractivity contribution is 14.1. The molecule has 2 heterocycles. The van der Waals surface area contributed by atoms with Crippen LogP contribution in [0.2, 0.25) is 0 Å². The van der Waals surface area contributed by atoms with Gasteiger partial charge in [0.25, 0.3) is 5.91 Å². The van der Waals surface area contributed by atoms with E-state index >= 15 is 0 Å². The Morgan fingerprint density at radius 2 is 2.00 bits per heavy atom. The molecule has 6 nitrogen and oxygen atoms in total. The van der Waals surface area contributed by atoms with Crippen LogP contribution in [0.25, 0.3) is 0 Å². The molecule has 8 heteroatoms. The molecule has 1 aliphatic heterocycles. The minimum atomic E-state index is -0.336. The highest BCUT2D eigenvalue weighted by atomic mass is 127. The number of anilines is 1. The lowest BCUT2D eigenvalue weighted by molar-refractivity contribution is 0.0745. The summed E-state index contributed by atoms with van der Waals surface area (Å²) in [5, 5.41) is 0. The molecule has 0 aliphatic carbocycles. The van der Waals surface area contributed by atoms with E-state index in [4.69, 9.17) is 4.74 Å². The van der Waals surface area contributed by atoms with Crippen LogP contribution in [-0.2, 0) is 0 Å². The topological polar surface area (TPSA) is 58.6 Å². The van der Waals surface area contributed by atoms with Gasteiger partial charge in [0.1, 0.15) is 5.82 Å². The number of benzene rings is 1. The molecule has 0 unspecified atom stereocenters. The quantitative estimate of drug-likeness (QED) is 0.683. The van der Waals surface area contributed by atoms with Crippen LogP contribution in [0.1, 0.15) is 10.4 Å². The third-order valence-electron chi connectivity index (χ3n) is 3.86. The number of carbonyl (C=O) groups excluding carboxylic acids is 1. The van der Waals surface area contributed by atoms with Crippen LogP contribution in [-0.4, -0.2) is 54.1 Å². The molecule has 0 saturated carbocycles. The fourth-order valence-electron chi connectivity index (χ4n) is 2.56. The van der Waals surface area contributed by atoms with E-state index in [0.717, 1.165) is 5.82 Å². The molecule has 24 heavy (non-hydrogen) atoms. The molecule has 0 spiro atoms. The summed E-state index contributed by atoms with van der Waals surface area (Å²) in [5.41, 5.74) is 0.534. The van der Waals surface area contributed by atoms with E-state index in [2.05, 4.69) is 14.9 Å². The van der Waals surface area contributed by atoms with E-state index in [-0.39, 0.29) is 11.7 Å². The van der Waals surface area contributed by atoms with Crippen LogP contribution >= 0.6 is 22.6 Å². The standard InChI is InChI=1S/C16H16FIN4O2/c1-24-15-10-19-9-14(20-15)21-4-6-22(7-5-21)16(23)12-3-2-11(17)8-13(12)18/h2-3,8-10H,4-7H2,1H3. The van der Waals surface area contributed by atoms with Crippen LogP contribution in [0.15, 0.2) is 30.6 Å². The highest BCUT2D eigenvalue weighted by Gasteiger charge is 2.24. The zero-order chi connectivity index (χ0) is 17.1. The molecule has 0 atom stereocenters. The van der Waals surface area contributed by atoms with Gasteiger partial charge >= 0.3 is 0 Å². The lowest BCUT2D eigenvalue weighted by Crippen LogP contribution is -2.49. The van der Waals surface area contributed by atoms with Crippen molar-refractivity contribution >= 4 is 34.3 Å². The maximum absolute atomic E-state index is 13.2. The van der Waals surface area contributed by atoms with Crippen molar-refractivity contribution in [1.29, 1.82) is 0 Å². The third-order valence-corrected chi connectivity index (χ3v) is 4.75. The minimum Gasteiger partial charge on any atom is -0.480 e. The molecule has 2 aromatic rings. The first-order valence-electron chi connectivity index (χ1n) is 7.44. The van der Waals surface area contributed by atoms with E-state index in [1.165, 1.54) is 12.1 Å². The molecule has 1 fully saturated rings. The Kier molecular flexibility index (Phi) is 5.12. The van der Waals surface area contributed by atoms with Crippen molar-refractivity contribution in [2.24, 2.45) is 0 Å². The minimum absolute atomic E-state index is 0.0734. The van der Waals surface area contributed by atoms with Gasteiger partial charge in [-0.1, -0.05) is 0 Å². The zero-order valence-electron chi connectivity index (χ0n) is 13.1. The Hall–Kier alpha value is -1.97. The second-order valence-corrected chi connectivity index (χ2v) is 6.49. The summed E-state index contributed by atoms with van der Waals surface area (Å²) < 4.78 is 18.9. The van der Waals surface area contributed by atoms with Crippen molar-refractivity contribution in [2.75, 3.05) is 38.2 Å². The van der Waals surface area contributed by atoms with Crippen LogP contribution in [0.3, 0.4) is 0 Å². The largest absolute Gasteiger partial charge is 0.480 e. The summed E-state index contributed by atoms with van der Waals surface area (Å²) in [6.45, 7) is 2.47. The number of rotatable bonds is 3. The first-order valence-corrected chi connectivity index (χ1v) is 8.51. The molecule has 0 N–H and O–H groups in total. The second kappa shape index (κ2) is 7.29. The maximum atomic E-state index is 13.2. The molecular weight excluding hydrogens is 426 g/mol. The van der Waals surface area contributed by atoms with Gasteiger partial charge in [0.05, 0.1) is 25.1 Å². The Balaban J connectivity index is 1.67. The summed E-state index contributed by atoms with van der Waals surface area (Å²) >= 11 is 1.99. The van der Waals surface area contributed by atoms with Crippen LogP contribution in [0.4, 0.5) is 10.2 Å². The lowest BCUT2D eigenvalue weighted by Gasteiger charge is -2.35. The number of amides is 1. The molecule has 0 radical (unpaired) electrons. The first-order chi connectivity index (χ1) is 11.6. The van der Waals surface area contributed by atoms with Crippen molar-refractivity contribution < 1.29 is 13.9 Å². The van der Waals surface area contributed by atoms with Gasteiger partial charge in [0, 0.05) is 29.7 Å². The fraction of sp³-hybridized carbons (Fsp3) is 0.312. The molecule has 0 bridgehead atoms. The average molecular weight is 442 g/mol. The third kappa shape index (κ3) is 3.58. The van der Waals surface area contributed by atoms with Crippen molar-refractivity contribution in [3.8, 4) is 5.88 Å². The predicted molar refractivity (Wildman–Crippen MR) is 95.8 cm³/mol. The van der Waals surface area contributed by atoms with E-state index < -0.39 is 0 Å². The van der Waals surface area contributed by atoms with E-state index in [1.54, 1.807) is 30.5 Å². The first kappa shape index (κ1) is 16.9. The van der Waals surface area contributed by atoms with Crippen LogP contribution in [0.5, 0.6) is 5.88 Å². The average Bonchev–Trinajstić information content (AvgIpc) is 2.61. The summed E-state index contributed by atoms with van der Waals surface area (Å²) in [6, 6.07) is 4.23. The molecule has 3 rings (SSSR count). The smallest absolute Gasteiger partial charge is 0.255 e. The number of carbonyl (C=O) groups is 1. The number of halogens is 2. The summed E-state index contributed by atoms with van der Waals surface area (Å²) in [7, 11) is 1.55. The number of methoxy groups -OCH3 is 1. The number of hydrogen-bond donors (Lipinski definition) is 0. The Morgan fingerprint density at radius 3 is 2.67 bits per heavy atom. The lowest BCUT2D eigenvalue weighted by atomic mass is 10.2. The van der Waals surface area contributed by atoms with Crippen molar-refractivity contribution in [2.45, 2.75) is 0 Å². The van der Waals surface area contributed by atoms with Crippen molar-refractivity contribution in [3.05, 3.63) is 45.5 Å². The Morgan fingerprint density at radius 1 is 1.25 bits per heavy atom. The number of hydrogen-bond acceptors (Lipinski definition) is 5. The number of piperazine rings is 1. The van der Waals surface area contributed by atoms with Crippen LogP contribution < -0.4 is 9.64 Å². The van der Waals surface area contributed by atoms with Gasteiger partial charge in [0.2, 0.25) is 5.88 Å². The van der Waals surface area contributed by atoms with E-state index in [0.29, 0.717) is 41.2 Å². The maximum Gasteiger partial charge on any atom is 0.255 e. The molecule has 1 amide bonds. The van der Waals surface area contributed by atoms with Crippen molar-refractivity contribution in [3.63, 3.8) is 0 Å². The van der Waals surface area contributed by atoms with Crippen LogP contribution in [0, 0.1) is 9.39 Å². The normalized spacial score (nSPS) is 14.6. The fourth-order valence-corrected chi connectivity index (χ4v) is 3.27. The second-order valence-electron chi connectivity index (χ2n) is 5.32. The summed E-state index contributed by atoms with van der Waals surface area (Å²) in [6.07, 6.45) is 3.24. The number of nitrogens with zero attached hydrogens (tertiary/aromatic N) is 4. The molecule has 1 aromatic carbocycles. The predicted octanol–water partition coefficient (Wildman–Crippen LogP) is 2.19. The molecule has 1 aromatic heterocycles.